The Labute approximate surface area is 111 Å². The summed E-state index contributed by atoms with van der Waals surface area (Å²) in [6.45, 7) is -2.89. The van der Waals surface area contributed by atoms with Gasteiger partial charge in [-0.1, -0.05) is 12.1 Å². The van der Waals surface area contributed by atoms with Crippen LogP contribution in [0.25, 0.3) is 11.1 Å². The summed E-state index contributed by atoms with van der Waals surface area (Å²) in [5.74, 6) is -1.11. The summed E-state index contributed by atoms with van der Waals surface area (Å²) in [6, 6.07) is 5.71. The molecule has 0 spiro atoms. The van der Waals surface area contributed by atoms with Gasteiger partial charge in [0.05, 0.1) is 0 Å². The van der Waals surface area contributed by atoms with E-state index < -0.39 is 12.6 Å². The first-order chi connectivity index (χ1) is 8.99. The van der Waals surface area contributed by atoms with Crippen LogP contribution >= 0.6 is 11.3 Å². The third-order valence-electron chi connectivity index (χ3n) is 2.42. The molecule has 2 aromatic rings. The molecule has 0 amide bonds. The highest BCUT2D eigenvalue weighted by Gasteiger charge is 2.17. The van der Waals surface area contributed by atoms with Gasteiger partial charge in [-0.2, -0.15) is 8.78 Å². The number of alkyl halides is 2. The Hall–Kier alpha value is -2.15. The number of aromatic carboxylic acids is 1. The van der Waals surface area contributed by atoms with E-state index in [-0.39, 0.29) is 16.3 Å². The summed E-state index contributed by atoms with van der Waals surface area (Å²) in [5, 5.41) is 10.9. The standard InChI is InChI=1S/C12H9F2NO3S/c13-12(14)18-7-3-1-6(2-4-7)8-5-19-10(15)9(8)11(16)17/h1-5,12H,15H2,(H,16,17). The van der Waals surface area contributed by atoms with Gasteiger partial charge >= 0.3 is 12.6 Å². The topological polar surface area (TPSA) is 72.5 Å². The lowest BCUT2D eigenvalue weighted by Gasteiger charge is -2.06. The second-order valence-electron chi connectivity index (χ2n) is 3.60. The van der Waals surface area contributed by atoms with E-state index in [1.807, 2.05) is 0 Å². The van der Waals surface area contributed by atoms with Gasteiger partial charge in [-0.15, -0.1) is 11.3 Å². The molecule has 7 heteroatoms. The Kier molecular flexibility index (Phi) is 3.66. The molecule has 0 saturated carbocycles. The largest absolute Gasteiger partial charge is 0.478 e. The van der Waals surface area contributed by atoms with E-state index in [0.29, 0.717) is 11.1 Å². The molecule has 4 nitrogen and oxygen atoms in total. The summed E-state index contributed by atoms with van der Waals surface area (Å²) in [5.41, 5.74) is 6.64. The molecule has 2 rings (SSSR count). The first-order valence-corrected chi connectivity index (χ1v) is 6.02. The molecule has 100 valence electrons. The van der Waals surface area contributed by atoms with Crippen molar-refractivity contribution in [2.75, 3.05) is 5.73 Å². The highest BCUT2D eigenvalue weighted by atomic mass is 32.1. The summed E-state index contributed by atoms with van der Waals surface area (Å²) in [4.78, 5) is 11.1. The maximum absolute atomic E-state index is 12.0. The van der Waals surface area contributed by atoms with Crippen molar-refractivity contribution in [1.82, 2.24) is 0 Å². The van der Waals surface area contributed by atoms with Gasteiger partial charge in [0.2, 0.25) is 0 Å². The van der Waals surface area contributed by atoms with E-state index in [2.05, 4.69) is 4.74 Å². The van der Waals surface area contributed by atoms with Gasteiger partial charge in [0.25, 0.3) is 0 Å². The molecule has 1 aromatic carbocycles. The van der Waals surface area contributed by atoms with E-state index >= 15 is 0 Å². The van der Waals surface area contributed by atoms with Crippen molar-refractivity contribution in [3.63, 3.8) is 0 Å². The van der Waals surface area contributed by atoms with Gasteiger partial charge in [0.15, 0.2) is 0 Å². The maximum atomic E-state index is 12.0. The number of nitrogen functional groups attached to an aromatic ring is 1. The first-order valence-electron chi connectivity index (χ1n) is 5.14. The Morgan fingerprint density at radius 3 is 2.47 bits per heavy atom. The number of halogens is 2. The van der Waals surface area contributed by atoms with Gasteiger partial charge in [-0.25, -0.2) is 4.79 Å². The zero-order valence-corrected chi connectivity index (χ0v) is 10.3. The molecule has 3 N–H and O–H groups in total. The van der Waals surface area contributed by atoms with Gasteiger partial charge in [0, 0.05) is 10.9 Å². The summed E-state index contributed by atoms with van der Waals surface area (Å²) < 4.78 is 28.2. The van der Waals surface area contributed by atoms with Crippen LogP contribution in [-0.2, 0) is 0 Å². The van der Waals surface area contributed by atoms with Crippen LogP contribution < -0.4 is 10.5 Å². The molecule has 0 aliphatic carbocycles. The van der Waals surface area contributed by atoms with Crippen LogP contribution in [0.3, 0.4) is 0 Å². The zero-order valence-electron chi connectivity index (χ0n) is 9.47. The van der Waals surface area contributed by atoms with Crippen molar-refractivity contribution >= 4 is 22.3 Å². The molecule has 0 atom stereocenters. The minimum atomic E-state index is -2.89. The van der Waals surface area contributed by atoms with Crippen LogP contribution in [0.2, 0.25) is 0 Å². The SMILES string of the molecule is Nc1scc(-c2ccc(OC(F)F)cc2)c1C(=O)O. The van der Waals surface area contributed by atoms with Gasteiger partial charge < -0.3 is 15.6 Å². The summed E-state index contributed by atoms with van der Waals surface area (Å²) in [6.07, 6.45) is 0. The van der Waals surface area contributed by atoms with Crippen LogP contribution in [0.15, 0.2) is 29.6 Å². The number of carboxylic acids is 1. The Morgan fingerprint density at radius 2 is 1.95 bits per heavy atom. The second-order valence-corrected chi connectivity index (χ2v) is 4.51. The number of carboxylic acid groups (broad SMARTS) is 1. The van der Waals surface area contributed by atoms with E-state index in [9.17, 15) is 13.6 Å². The lowest BCUT2D eigenvalue weighted by atomic mass is 10.0. The minimum absolute atomic E-state index is 0.0128. The van der Waals surface area contributed by atoms with E-state index in [0.717, 1.165) is 11.3 Å². The van der Waals surface area contributed by atoms with Crippen molar-refractivity contribution in [2.45, 2.75) is 6.61 Å². The van der Waals surface area contributed by atoms with Gasteiger partial charge in [-0.3, -0.25) is 0 Å². The normalized spacial score (nSPS) is 10.7. The lowest BCUT2D eigenvalue weighted by molar-refractivity contribution is -0.0498. The third kappa shape index (κ3) is 2.82. The number of hydrogen-bond donors (Lipinski definition) is 2. The molecule has 0 fully saturated rings. The monoisotopic (exact) mass is 285 g/mol. The number of carbonyl (C=O) groups is 1. The van der Waals surface area contributed by atoms with Crippen molar-refractivity contribution < 1.29 is 23.4 Å². The molecular weight excluding hydrogens is 276 g/mol. The van der Waals surface area contributed by atoms with Gasteiger partial charge in [-0.05, 0) is 17.7 Å². The fourth-order valence-electron chi connectivity index (χ4n) is 1.62. The number of thiophene rings is 1. The van der Waals surface area contributed by atoms with Crippen LogP contribution in [0.1, 0.15) is 10.4 Å². The fraction of sp³-hybridized carbons (Fsp3) is 0.0833. The van der Waals surface area contributed by atoms with Crippen LogP contribution in [0, 0.1) is 0 Å². The van der Waals surface area contributed by atoms with E-state index in [1.54, 1.807) is 5.38 Å². The number of ether oxygens (including phenoxy) is 1. The lowest BCUT2D eigenvalue weighted by Crippen LogP contribution is -2.02. The smallest absolute Gasteiger partial charge is 0.387 e. The summed E-state index contributed by atoms with van der Waals surface area (Å²) in [7, 11) is 0. The highest BCUT2D eigenvalue weighted by molar-refractivity contribution is 7.14. The molecule has 0 aliphatic rings. The Bertz CT molecular complexity index is 596. The van der Waals surface area contributed by atoms with Crippen molar-refractivity contribution in [3.05, 3.63) is 35.2 Å². The van der Waals surface area contributed by atoms with Crippen LogP contribution in [0.4, 0.5) is 13.8 Å². The van der Waals surface area contributed by atoms with E-state index in [4.69, 9.17) is 10.8 Å². The quantitative estimate of drug-likeness (QED) is 0.904. The number of nitrogens with two attached hydrogens (primary N) is 1. The Balaban J connectivity index is 2.35. The number of anilines is 1. The molecule has 1 heterocycles. The molecule has 1 aromatic heterocycles. The molecule has 0 unspecified atom stereocenters. The first kappa shape index (κ1) is 13.3. The predicted octanol–water partition coefficient (Wildman–Crippen LogP) is 3.30. The van der Waals surface area contributed by atoms with Gasteiger partial charge in [0.1, 0.15) is 16.3 Å². The van der Waals surface area contributed by atoms with Crippen molar-refractivity contribution in [2.24, 2.45) is 0 Å². The summed E-state index contributed by atoms with van der Waals surface area (Å²) >= 11 is 1.11. The Morgan fingerprint density at radius 1 is 1.32 bits per heavy atom. The van der Waals surface area contributed by atoms with Crippen LogP contribution in [-0.4, -0.2) is 17.7 Å². The number of benzene rings is 1. The van der Waals surface area contributed by atoms with Crippen molar-refractivity contribution in [3.8, 4) is 16.9 Å². The molecule has 19 heavy (non-hydrogen) atoms. The third-order valence-corrected chi connectivity index (χ3v) is 3.24. The average Bonchev–Trinajstić information content (AvgIpc) is 2.71. The number of hydrogen-bond acceptors (Lipinski definition) is 4. The molecule has 0 bridgehead atoms. The van der Waals surface area contributed by atoms with Crippen molar-refractivity contribution in [1.29, 1.82) is 0 Å². The molecule has 0 radical (unpaired) electrons. The zero-order chi connectivity index (χ0) is 14.0. The highest BCUT2D eigenvalue weighted by Crippen LogP contribution is 2.34. The predicted molar refractivity (Wildman–Crippen MR) is 67.8 cm³/mol. The van der Waals surface area contributed by atoms with Crippen LogP contribution in [0.5, 0.6) is 5.75 Å². The second kappa shape index (κ2) is 5.23. The van der Waals surface area contributed by atoms with E-state index in [1.165, 1.54) is 24.3 Å². The fourth-order valence-corrected chi connectivity index (χ4v) is 2.44. The average molecular weight is 285 g/mol. The molecule has 0 saturated heterocycles. The molecular formula is C12H9F2NO3S. The minimum Gasteiger partial charge on any atom is -0.478 e. The number of rotatable bonds is 4. The molecule has 0 aliphatic heterocycles. The maximum Gasteiger partial charge on any atom is 0.387 e.